The molecular formula is C24H34O16. The lowest BCUT2D eigenvalue weighted by Crippen LogP contribution is -2.66. The molecule has 40 heavy (non-hydrogen) atoms. The van der Waals surface area contributed by atoms with Gasteiger partial charge in [-0.25, -0.2) is 0 Å². The summed E-state index contributed by atoms with van der Waals surface area (Å²) >= 11 is 0. The molecular weight excluding hydrogens is 544 g/mol. The summed E-state index contributed by atoms with van der Waals surface area (Å²) in [4.78, 5) is 70.9. The molecule has 0 saturated carbocycles. The molecule has 0 aromatic carbocycles. The van der Waals surface area contributed by atoms with Crippen molar-refractivity contribution in [1.29, 1.82) is 0 Å². The Bertz CT molecular complexity index is 965. The molecule has 16 heteroatoms. The van der Waals surface area contributed by atoms with Crippen molar-refractivity contribution in [2.45, 2.75) is 110 Å². The molecule has 2 aliphatic rings. The fourth-order valence-electron chi connectivity index (χ4n) is 4.27. The minimum Gasteiger partial charge on any atom is -0.463 e. The van der Waals surface area contributed by atoms with E-state index in [4.69, 9.17) is 42.6 Å². The van der Waals surface area contributed by atoms with Crippen LogP contribution < -0.4 is 0 Å². The van der Waals surface area contributed by atoms with Crippen LogP contribution in [0, 0.1) is 0 Å². The fraction of sp³-hybridized carbons (Fsp3) is 0.750. The van der Waals surface area contributed by atoms with Crippen LogP contribution in [-0.2, 0) is 71.4 Å². The first-order valence-electron chi connectivity index (χ1n) is 12.2. The lowest BCUT2D eigenvalue weighted by molar-refractivity contribution is -0.360. The molecule has 0 aromatic heterocycles. The third-order valence-corrected chi connectivity index (χ3v) is 5.59. The maximum absolute atomic E-state index is 12.0. The highest BCUT2D eigenvalue weighted by molar-refractivity contribution is 5.69. The lowest BCUT2D eigenvalue weighted by atomic mass is 9.96. The standard InChI is InChI=1S/C24H34O16/c1-9-17(34-11(3)26)19(36-13(5)28)22(38-15(7)30)24(33-9)40-21-20(37-14(6)29)18(35-12(4)27)16(39-23(21)31)8-32-10(2)25/h9,16-24,31H,8H2,1-7H3/t9-,16+,17-,18+,19+,20-,21+,22+,23?,24-/m0/s1. The monoisotopic (exact) mass is 578 g/mol. The van der Waals surface area contributed by atoms with E-state index >= 15 is 0 Å². The second kappa shape index (κ2) is 14.3. The predicted molar refractivity (Wildman–Crippen MR) is 124 cm³/mol. The quantitative estimate of drug-likeness (QED) is 0.259. The first-order valence-corrected chi connectivity index (χ1v) is 12.2. The van der Waals surface area contributed by atoms with Crippen molar-refractivity contribution in [2.75, 3.05) is 6.61 Å². The molecule has 2 rings (SSSR count). The van der Waals surface area contributed by atoms with E-state index in [1.165, 1.54) is 6.92 Å². The topological polar surface area (TPSA) is 206 Å². The summed E-state index contributed by atoms with van der Waals surface area (Å²) in [5.74, 6) is -4.80. The normalized spacial score (nSPS) is 33.6. The van der Waals surface area contributed by atoms with Gasteiger partial charge < -0.3 is 47.7 Å². The summed E-state index contributed by atoms with van der Waals surface area (Å²) in [6.45, 7) is 7.45. The summed E-state index contributed by atoms with van der Waals surface area (Å²) < 4.78 is 48.6. The second-order valence-electron chi connectivity index (χ2n) is 9.05. The molecule has 2 fully saturated rings. The number of carbonyl (C=O) groups excluding carboxylic acids is 6. The number of ether oxygens (including phenoxy) is 9. The Labute approximate surface area is 229 Å². The minimum atomic E-state index is -1.90. The van der Waals surface area contributed by atoms with Crippen LogP contribution in [0.2, 0.25) is 0 Å². The third kappa shape index (κ3) is 9.11. The molecule has 1 N–H and O–H groups in total. The molecule has 16 nitrogen and oxygen atoms in total. The highest BCUT2D eigenvalue weighted by Crippen LogP contribution is 2.34. The van der Waals surface area contributed by atoms with Gasteiger partial charge in [0, 0.05) is 41.5 Å². The number of aliphatic hydroxyl groups excluding tert-OH is 1. The molecule has 0 radical (unpaired) electrons. The molecule has 2 saturated heterocycles. The van der Waals surface area contributed by atoms with E-state index in [0.29, 0.717) is 0 Å². The molecule has 0 bridgehead atoms. The van der Waals surface area contributed by atoms with Crippen molar-refractivity contribution in [3.8, 4) is 0 Å². The van der Waals surface area contributed by atoms with Crippen molar-refractivity contribution in [2.24, 2.45) is 0 Å². The molecule has 0 aromatic rings. The lowest BCUT2D eigenvalue weighted by Gasteiger charge is -2.47. The van der Waals surface area contributed by atoms with Gasteiger partial charge in [-0.1, -0.05) is 0 Å². The van der Waals surface area contributed by atoms with Crippen LogP contribution >= 0.6 is 0 Å². The fourth-order valence-corrected chi connectivity index (χ4v) is 4.27. The maximum atomic E-state index is 12.0. The van der Waals surface area contributed by atoms with Gasteiger partial charge in [0.05, 0.1) is 6.10 Å². The van der Waals surface area contributed by atoms with Gasteiger partial charge in [-0.2, -0.15) is 0 Å². The zero-order chi connectivity index (χ0) is 30.3. The van der Waals surface area contributed by atoms with Crippen molar-refractivity contribution in [3.05, 3.63) is 0 Å². The van der Waals surface area contributed by atoms with Gasteiger partial charge >= 0.3 is 35.8 Å². The number of aliphatic hydroxyl groups is 1. The van der Waals surface area contributed by atoms with Crippen LogP contribution in [0.4, 0.5) is 0 Å². The van der Waals surface area contributed by atoms with Gasteiger partial charge in [0.2, 0.25) is 0 Å². The second-order valence-corrected chi connectivity index (χ2v) is 9.05. The van der Waals surface area contributed by atoms with Crippen molar-refractivity contribution < 1.29 is 76.5 Å². The van der Waals surface area contributed by atoms with Gasteiger partial charge in [0.1, 0.15) is 12.7 Å². The average Bonchev–Trinajstić information content (AvgIpc) is 2.80. The van der Waals surface area contributed by atoms with E-state index in [1.54, 1.807) is 0 Å². The van der Waals surface area contributed by atoms with E-state index in [2.05, 4.69) is 0 Å². The highest BCUT2D eigenvalue weighted by Gasteiger charge is 2.56. The van der Waals surface area contributed by atoms with E-state index in [-0.39, 0.29) is 0 Å². The Balaban J connectivity index is 2.49. The first kappa shape index (κ1) is 32.9. The van der Waals surface area contributed by atoms with Crippen molar-refractivity contribution in [1.82, 2.24) is 0 Å². The largest absolute Gasteiger partial charge is 0.463 e. The van der Waals surface area contributed by atoms with Crippen LogP contribution in [0.5, 0.6) is 0 Å². The van der Waals surface area contributed by atoms with Gasteiger partial charge in [-0.15, -0.1) is 0 Å². The highest BCUT2D eigenvalue weighted by atomic mass is 16.8. The summed E-state index contributed by atoms with van der Waals surface area (Å²) in [6.07, 6.45) is -14.7. The van der Waals surface area contributed by atoms with E-state index in [1.807, 2.05) is 0 Å². The van der Waals surface area contributed by atoms with Gasteiger partial charge in [0.25, 0.3) is 0 Å². The van der Waals surface area contributed by atoms with Crippen molar-refractivity contribution >= 4 is 35.8 Å². The SMILES string of the molecule is CC(=O)OC[C@H]1OC(O)[C@H](O[C@@H]2O[C@@H](C)[C@H](OC(C)=O)[C@@H](OC(C)=O)[C@H]2OC(C)=O)[C@@H](OC(C)=O)[C@@H]1OC(C)=O. The van der Waals surface area contributed by atoms with E-state index in [9.17, 15) is 33.9 Å². The van der Waals surface area contributed by atoms with E-state index < -0.39 is 104 Å². The zero-order valence-electron chi connectivity index (χ0n) is 23.1. The Morgan fingerprint density at radius 2 is 1.00 bits per heavy atom. The van der Waals surface area contributed by atoms with Crippen LogP contribution in [0.1, 0.15) is 48.5 Å². The Kier molecular flexibility index (Phi) is 11.8. The van der Waals surface area contributed by atoms with Gasteiger partial charge in [-0.3, -0.25) is 28.8 Å². The summed E-state index contributed by atoms with van der Waals surface area (Å²) in [5.41, 5.74) is 0. The maximum Gasteiger partial charge on any atom is 0.303 e. The van der Waals surface area contributed by atoms with Crippen LogP contribution in [-0.4, -0.2) is 109 Å². The molecule has 1 unspecified atom stereocenters. The Morgan fingerprint density at radius 3 is 1.48 bits per heavy atom. The molecule has 2 aliphatic heterocycles. The van der Waals surface area contributed by atoms with E-state index in [0.717, 1.165) is 41.5 Å². The molecule has 0 aliphatic carbocycles. The number of hydrogen-bond acceptors (Lipinski definition) is 16. The first-order chi connectivity index (χ1) is 18.6. The summed E-state index contributed by atoms with van der Waals surface area (Å²) in [6, 6.07) is 0. The third-order valence-electron chi connectivity index (χ3n) is 5.59. The average molecular weight is 579 g/mol. The number of hydrogen-bond donors (Lipinski definition) is 1. The summed E-state index contributed by atoms with van der Waals surface area (Å²) in [5, 5.41) is 10.8. The Hall–Kier alpha value is -3.34. The van der Waals surface area contributed by atoms with Gasteiger partial charge in [-0.05, 0) is 6.92 Å². The molecule has 0 spiro atoms. The predicted octanol–water partition coefficient (Wildman–Crippen LogP) is -0.945. The molecule has 2 heterocycles. The van der Waals surface area contributed by atoms with Crippen molar-refractivity contribution in [3.63, 3.8) is 0 Å². The zero-order valence-corrected chi connectivity index (χ0v) is 23.1. The van der Waals surface area contributed by atoms with Crippen LogP contribution in [0.25, 0.3) is 0 Å². The number of carbonyl (C=O) groups is 6. The minimum absolute atomic E-state index is 0.486. The van der Waals surface area contributed by atoms with Crippen LogP contribution in [0.3, 0.4) is 0 Å². The molecule has 10 atom stereocenters. The molecule has 0 amide bonds. The van der Waals surface area contributed by atoms with Crippen LogP contribution in [0.15, 0.2) is 0 Å². The molecule has 226 valence electrons. The summed E-state index contributed by atoms with van der Waals surface area (Å²) in [7, 11) is 0. The van der Waals surface area contributed by atoms with Gasteiger partial charge in [0.15, 0.2) is 49.2 Å². The smallest absolute Gasteiger partial charge is 0.303 e. The number of rotatable bonds is 9. The number of esters is 6. The Morgan fingerprint density at radius 1 is 0.575 bits per heavy atom.